The van der Waals surface area contributed by atoms with Crippen molar-refractivity contribution in [2.45, 2.75) is 76.4 Å². The Balaban J connectivity index is 1.76. The smallest absolute Gasteiger partial charge is 0.270 e. The number of amides is 3. The van der Waals surface area contributed by atoms with E-state index in [0.717, 1.165) is 74.0 Å². The van der Waals surface area contributed by atoms with Crippen molar-refractivity contribution < 1.29 is 14.4 Å². The normalized spacial score (nSPS) is 17.7. The maximum absolute atomic E-state index is 13.9. The van der Waals surface area contributed by atoms with Gasteiger partial charge in [-0.1, -0.05) is 55.5 Å². The van der Waals surface area contributed by atoms with Gasteiger partial charge in [0.1, 0.15) is 10.9 Å². The van der Waals surface area contributed by atoms with E-state index in [9.17, 15) is 14.4 Å². The monoisotopic (exact) mass is 469 g/mol. The second-order valence-electron chi connectivity index (χ2n) is 9.09. The summed E-state index contributed by atoms with van der Waals surface area (Å²) in [7, 11) is 0. The Morgan fingerprint density at radius 1 is 1.06 bits per heavy atom. The number of carbonyl (C=O) groups excluding carboxylic acids is 3. The number of aromatic nitrogens is 1. The van der Waals surface area contributed by atoms with Crippen LogP contribution in [-0.2, 0) is 4.79 Å². The molecule has 2 aliphatic rings. The Morgan fingerprint density at radius 3 is 2.24 bits per heavy atom. The summed E-state index contributed by atoms with van der Waals surface area (Å²) in [6.07, 6.45) is 7.70. The lowest BCUT2D eigenvalue weighted by atomic mass is 9.99. The zero-order valence-corrected chi connectivity index (χ0v) is 19.7. The molecule has 8 nitrogen and oxygen atoms in total. The summed E-state index contributed by atoms with van der Waals surface area (Å²) in [4.78, 5) is 41.1. The Hall–Kier alpha value is -2.94. The van der Waals surface area contributed by atoms with Gasteiger partial charge in [-0.2, -0.15) is 4.37 Å². The molecule has 0 bridgehead atoms. The van der Waals surface area contributed by atoms with Gasteiger partial charge >= 0.3 is 0 Å². The number of nitrogen functional groups attached to an aromatic ring is 1. The molecule has 5 N–H and O–H groups in total. The van der Waals surface area contributed by atoms with Crippen LogP contribution in [0, 0.1) is 6.92 Å². The maximum Gasteiger partial charge on any atom is 0.270 e. The van der Waals surface area contributed by atoms with Crippen molar-refractivity contribution in [2.75, 3.05) is 5.73 Å². The van der Waals surface area contributed by atoms with Crippen LogP contribution in [0.1, 0.15) is 88.7 Å². The zero-order valence-electron chi connectivity index (χ0n) is 18.9. The largest absolute Gasteiger partial charge is 0.395 e. The Kier molecular flexibility index (Phi) is 6.97. The molecule has 2 aromatic rings. The molecular formula is C24H31N5O3S. The van der Waals surface area contributed by atoms with Gasteiger partial charge in [-0.25, -0.2) is 0 Å². The highest BCUT2D eigenvalue weighted by Crippen LogP contribution is 2.36. The molecule has 1 aromatic heterocycles. The third kappa shape index (κ3) is 4.88. The molecule has 0 saturated heterocycles. The van der Waals surface area contributed by atoms with Gasteiger partial charge in [-0.15, -0.1) is 0 Å². The molecule has 176 valence electrons. The fourth-order valence-corrected chi connectivity index (χ4v) is 5.71. The van der Waals surface area contributed by atoms with Gasteiger partial charge in [-0.05, 0) is 49.7 Å². The molecule has 4 rings (SSSR count). The van der Waals surface area contributed by atoms with Gasteiger partial charge in [0, 0.05) is 12.1 Å². The number of nitrogens with two attached hydrogens (primary N) is 2. The molecule has 1 heterocycles. The van der Waals surface area contributed by atoms with Gasteiger partial charge in [0.25, 0.3) is 11.8 Å². The van der Waals surface area contributed by atoms with E-state index in [2.05, 4.69) is 9.69 Å². The van der Waals surface area contributed by atoms with Crippen LogP contribution in [0.15, 0.2) is 24.3 Å². The van der Waals surface area contributed by atoms with Crippen molar-refractivity contribution in [3.8, 4) is 0 Å². The first kappa shape index (κ1) is 23.2. The second kappa shape index (κ2) is 9.91. The van der Waals surface area contributed by atoms with Gasteiger partial charge in [-0.3, -0.25) is 14.4 Å². The molecule has 33 heavy (non-hydrogen) atoms. The molecule has 0 radical (unpaired) electrons. The van der Waals surface area contributed by atoms with E-state index in [-0.39, 0.29) is 40.2 Å². The van der Waals surface area contributed by atoms with Gasteiger partial charge < -0.3 is 21.7 Å². The van der Waals surface area contributed by atoms with Crippen molar-refractivity contribution >= 4 is 34.9 Å². The molecule has 9 heteroatoms. The van der Waals surface area contributed by atoms with Crippen molar-refractivity contribution in [3.05, 3.63) is 46.0 Å². The maximum atomic E-state index is 13.9. The molecule has 2 saturated carbocycles. The predicted molar refractivity (Wildman–Crippen MR) is 128 cm³/mol. The second-order valence-corrected chi connectivity index (χ2v) is 9.87. The standard InChI is InChI=1S/C24H31N5O3S/c1-14-10-12-15(13-11-14)20(23(31)27-16-6-2-3-7-16)29(17-8-4-5-9-17)24(32)21-18(25)19(22(26)30)28-33-21/h10-13,16-17,20H,2-9,25H2,1H3,(H2,26,30)(H,27,31)/t20-/m1/s1. The number of anilines is 1. The summed E-state index contributed by atoms with van der Waals surface area (Å²) in [5.41, 5.74) is 13.2. The summed E-state index contributed by atoms with van der Waals surface area (Å²) < 4.78 is 4.01. The summed E-state index contributed by atoms with van der Waals surface area (Å²) >= 11 is 0.861. The third-order valence-corrected chi connectivity index (χ3v) is 7.58. The lowest BCUT2D eigenvalue weighted by molar-refractivity contribution is -0.127. The molecule has 1 aromatic carbocycles. The Bertz CT molecular complexity index is 1020. The van der Waals surface area contributed by atoms with Crippen molar-refractivity contribution in [1.29, 1.82) is 0 Å². The number of primary amides is 1. The third-order valence-electron chi connectivity index (χ3n) is 6.73. The lowest BCUT2D eigenvalue weighted by Crippen LogP contribution is -2.49. The highest BCUT2D eigenvalue weighted by Gasteiger charge is 2.40. The number of hydrogen-bond acceptors (Lipinski definition) is 6. The van der Waals surface area contributed by atoms with Crippen molar-refractivity contribution in [2.24, 2.45) is 5.73 Å². The van der Waals surface area contributed by atoms with E-state index in [4.69, 9.17) is 11.5 Å². The molecule has 2 fully saturated rings. The van der Waals surface area contributed by atoms with E-state index in [1.54, 1.807) is 4.90 Å². The van der Waals surface area contributed by atoms with Crippen LogP contribution in [0.3, 0.4) is 0 Å². The van der Waals surface area contributed by atoms with Gasteiger partial charge in [0.05, 0.1) is 5.69 Å². The molecule has 3 amide bonds. The first-order chi connectivity index (χ1) is 15.9. The number of nitrogens with zero attached hydrogens (tertiary/aromatic N) is 2. The first-order valence-electron chi connectivity index (χ1n) is 11.6. The van der Waals surface area contributed by atoms with E-state index in [1.807, 2.05) is 31.2 Å². The average Bonchev–Trinajstić information content (AvgIpc) is 3.54. The topological polar surface area (TPSA) is 131 Å². The quantitative estimate of drug-likeness (QED) is 0.572. The number of aryl methyl sites for hydroxylation is 1. The molecule has 0 aliphatic heterocycles. The summed E-state index contributed by atoms with van der Waals surface area (Å²) in [5.74, 6) is -1.33. The summed E-state index contributed by atoms with van der Waals surface area (Å²) in [5, 5.41) is 3.19. The molecule has 0 unspecified atom stereocenters. The minimum absolute atomic E-state index is 0.0145. The number of benzene rings is 1. The van der Waals surface area contributed by atoms with E-state index in [0.29, 0.717) is 0 Å². The fourth-order valence-electron chi connectivity index (χ4n) is 4.96. The van der Waals surface area contributed by atoms with Crippen molar-refractivity contribution in [1.82, 2.24) is 14.6 Å². The summed E-state index contributed by atoms with van der Waals surface area (Å²) in [6, 6.07) is 6.96. The van der Waals surface area contributed by atoms with E-state index >= 15 is 0 Å². The van der Waals surface area contributed by atoms with Crippen molar-refractivity contribution in [3.63, 3.8) is 0 Å². The average molecular weight is 470 g/mol. The highest BCUT2D eigenvalue weighted by atomic mass is 32.1. The first-order valence-corrected chi connectivity index (χ1v) is 12.4. The SMILES string of the molecule is Cc1ccc([C@H](C(=O)NC2CCCC2)N(C(=O)c2snc(C(N)=O)c2N)C2CCCC2)cc1. The number of carbonyl (C=O) groups is 3. The number of hydrogen-bond donors (Lipinski definition) is 3. The minimum Gasteiger partial charge on any atom is -0.395 e. The van der Waals surface area contributed by atoms with Crippen LogP contribution < -0.4 is 16.8 Å². The summed E-state index contributed by atoms with van der Waals surface area (Å²) in [6.45, 7) is 1.99. The predicted octanol–water partition coefficient (Wildman–Crippen LogP) is 3.32. The Labute approximate surface area is 197 Å². The molecular weight excluding hydrogens is 438 g/mol. The van der Waals surface area contributed by atoms with Gasteiger partial charge in [0.2, 0.25) is 5.91 Å². The van der Waals surface area contributed by atoms with Crippen LogP contribution in [0.2, 0.25) is 0 Å². The number of rotatable bonds is 7. The number of nitrogens with one attached hydrogen (secondary N) is 1. The van der Waals surface area contributed by atoms with Crippen LogP contribution in [-0.4, -0.2) is 39.1 Å². The minimum atomic E-state index is -0.791. The molecule has 1 atom stereocenters. The molecule has 0 spiro atoms. The molecule has 2 aliphatic carbocycles. The van der Waals surface area contributed by atoms with E-state index < -0.39 is 11.9 Å². The lowest BCUT2D eigenvalue weighted by Gasteiger charge is -2.36. The Morgan fingerprint density at radius 2 is 1.67 bits per heavy atom. The fraction of sp³-hybridized carbons (Fsp3) is 0.500. The highest BCUT2D eigenvalue weighted by molar-refractivity contribution is 7.09. The zero-order chi connectivity index (χ0) is 23.5. The van der Waals surface area contributed by atoms with E-state index in [1.165, 1.54) is 0 Å². The van der Waals surface area contributed by atoms with Gasteiger partial charge in [0.15, 0.2) is 5.69 Å². The van der Waals surface area contributed by atoms with Crippen LogP contribution in [0.25, 0.3) is 0 Å². The van der Waals surface area contributed by atoms with Crippen LogP contribution >= 0.6 is 11.5 Å². The van der Waals surface area contributed by atoms with Crippen LogP contribution in [0.4, 0.5) is 5.69 Å². The van der Waals surface area contributed by atoms with Crippen LogP contribution in [0.5, 0.6) is 0 Å².